The van der Waals surface area contributed by atoms with Gasteiger partial charge in [-0.2, -0.15) is 10.4 Å². The van der Waals surface area contributed by atoms with Gasteiger partial charge >= 0.3 is 0 Å². The molecule has 0 radical (unpaired) electrons. The Labute approximate surface area is 199 Å². The van der Waals surface area contributed by atoms with Crippen molar-refractivity contribution in [1.82, 2.24) is 5.43 Å². The Morgan fingerprint density at radius 1 is 1.00 bits per heavy atom. The molecule has 0 aromatic heterocycles. The zero-order valence-electron chi connectivity index (χ0n) is 19.2. The molecule has 4 rings (SSSR count). The van der Waals surface area contributed by atoms with Crippen LogP contribution in [0.3, 0.4) is 0 Å². The molecule has 0 aliphatic rings. The van der Waals surface area contributed by atoms with Gasteiger partial charge in [-0.3, -0.25) is 4.79 Å². The van der Waals surface area contributed by atoms with Crippen LogP contribution in [0, 0.1) is 25.2 Å². The quantitative estimate of drug-likeness (QED) is 0.296. The smallest absolute Gasteiger partial charge is 0.244 e. The van der Waals surface area contributed by atoms with Crippen LogP contribution in [0.4, 0.5) is 0 Å². The molecule has 0 unspecified atom stereocenters. The van der Waals surface area contributed by atoms with Crippen LogP contribution < -0.4 is 10.2 Å². The normalized spacial score (nSPS) is 10.9. The lowest BCUT2D eigenvalue weighted by atomic mass is 10.0. The van der Waals surface area contributed by atoms with Crippen molar-refractivity contribution in [3.63, 3.8) is 0 Å². The zero-order chi connectivity index (χ0) is 23.9. The number of nitrogens with zero attached hydrogens (tertiary/aromatic N) is 2. The van der Waals surface area contributed by atoms with Crippen LogP contribution in [-0.2, 0) is 17.8 Å². The van der Waals surface area contributed by atoms with Crippen LogP contribution in [0.15, 0.2) is 84.0 Å². The fourth-order valence-corrected chi connectivity index (χ4v) is 3.87. The number of benzene rings is 4. The van der Waals surface area contributed by atoms with Gasteiger partial charge in [0.25, 0.3) is 0 Å². The van der Waals surface area contributed by atoms with E-state index in [-0.39, 0.29) is 18.9 Å². The van der Waals surface area contributed by atoms with Gasteiger partial charge in [0.15, 0.2) is 0 Å². The van der Waals surface area contributed by atoms with Crippen molar-refractivity contribution in [3.8, 4) is 11.8 Å². The summed E-state index contributed by atoms with van der Waals surface area (Å²) >= 11 is 0. The number of hydrazone groups is 1. The standard InChI is InChI=1S/C29H25N3O2/c1-20-11-12-23(21(2)15-20)16-29(33)32-31-18-27-26-10-6-5-7-22(26)13-14-28(27)34-19-25-9-4-3-8-24(25)17-30/h3-15,18H,16,19H2,1-2H3,(H,32,33)/b31-18-. The molecule has 0 aliphatic heterocycles. The van der Waals surface area contributed by atoms with Gasteiger partial charge in [-0.25, -0.2) is 5.43 Å². The van der Waals surface area contributed by atoms with E-state index in [1.165, 1.54) is 5.56 Å². The Balaban J connectivity index is 1.54. The van der Waals surface area contributed by atoms with E-state index in [4.69, 9.17) is 4.74 Å². The van der Waals surface area contributed by atoms with Crippen molar-refractivity contribution in [2.24, 2.45) is 5.10 Å². The Bertz CT molecular complexity index is 1420. The SMILES string of the molecule is Cc1ccc(CC(=O)N/N=C\c2c(OCc3ccccc3C#N)ccc3ccccc23)c(C)c1. The second kappa shape index (κ2) is 10.5. The predicted molar refractivity (Wildman–Crippen MR) is 135 cm³/mol. The fourth-order valence-electron chi connectivity index (χ4n) is 3.87. The minimum atomic E-state index is -0.186. The molecule has 168 valence electrons. The van der Waals surface area contributed by atoms with Crippen molar-refractivity contribution in [2.45, 2.75) is 26.9 Å². The number of rotatable bonds is 7. The van der Waals surface area contributed by atoms with Gasteiger partial charge in [0.05, 0.1) is 24.3 Å². The summed E-state index contributed by atoms with van der Waals surface area (Å²) in [5, 5.41) is 15.6. The summed E-state index contributed by atoms with van der Waals surface area (Å²) < 4.78 is 6.10. The minimum absolute atomic E-state index is 0.186. The summed E-state index contributed by atoms with van der Waals surface area (Å²) in [5.74, 6) is 0.438. The Hall–Kier alpha value is -4.43. The summed E-state index contributed by atoms with van der Waals surface area (Å²) in [6, 6.07) is 27.4. The summed E-state index contributed by atoms with van der Waals surface area (Å²) in [7, 11) is 0. The number of fused-ring (bicyclic) bond motifs is 1. The number of carbonyl (C=O) groups excluding carboxylic acids is 1. The molecule has 5 nitrogen and oxygen atoms in total. The lowest BCUT2D eigenvalue weighted by Gasteiger charge is -2.12. The first kappa shape index (κ1) is 22.8. The van der Waals surface area contributed by atoms with E-state index in [9.17, 15) is 10.1 Å². The van der Waals surface area contributed by atoms with Gasteiger partial charge in [0.2, 0.25) is 5.91 Å². The van der Waals surface area contributed by atoms with Crippen LogP contribution in [0.25, 0.3) is 10.8 Å². The summed E-state index contributed by atoms with van der Waals surface area (Å²) in [6.45, 7) is 4.29. The molecule has 5 heteroatoms. The largest absolute Gasteiger partial charge is 0.488 e. The third-order valence-corrected chi connectivity index (χ3v) is 5.68. The molecule has 0 saturated heterocycles. The second-order valence-electron chi connectivity index (χ2n) is 8.16. The molecular formula is C29H25N3O2. The topological polar surface area (TPSA) is 74.5 Å². The molecule has 0 saturated carbocycles. The van der Waals surface area contributed by atoms with E-state index in [0.717, 1.165) is 33.0 Å². The highest BCUT2D eigenvalue weighted by Gasteiger charge is 2.10. The molecule has 0 bridgehead atoms. The Morgan fingerprint density at radius 2 is 1.79 bits per heavy atom. The lowest BCUT2D eigenvalue weighted by Crippen LogP contribution is -2.20. The van der Waals surface area contributed by atoms with Gasteiger partial charge in [-0.05, 0) is 47.9 Å². The summed E-state index contributed by atoms with van der Waals surface area (Å²) in [6.07, 6.45) is 1.88. The van der Waals surface area contributed by atoms with E-state index >= 15 is 0 Å². The maximum Gasteiger partial charge on any atom is 0.244 e. The van der Waals surface area contributed by atoms with Crippen molar-refractivity contribution >= 4 is 22.9 Å². The molecule has 0 atom stereocenters. The van der Waals surface area contributed by atoms with Crippen LogP contribution in [0.1, 0.15) is 33.4 Å². The van der Waals surface area contributed by atoms with E-state index in [0.29, 0.717) is 11.3 Å². The van der Waals surface area contributed by atoms with Crippen molar-refractivity contribution in [3.05, 3.63) is 112 Å². The maximum atomic E-state index is 12.5. The number of ether oxygens (including phenoxy) is 1. The highest BCUT2D eigenvalue weighted by Crippen LogP contribution is 2.27. The average molecular weight is 448 g/mol. The van der Waals surface area contributed by atoms with Crippen molar-refractivity contribution in [1.29, 1.82) is 5.26 Å². The molecule has 4 aromatic rings. The first-order valence-electron chi connectivity index (χ1n) is 11.1. The van der Waals surface area contributed by atoms with Crippen LogP contribution in [0.2, 0.25) is 0 Å². The Kier molecular flexibility index (Phi) is 7.00. The monoisotopic (exact) mass is 447 g/mol. The van der Waals surface area contributed by atoms with E-state index < -0.39 is 0 Å². The van der Waals surface area contributed by atoms with Gasteiger partial charge in [0.1, 0.15) is 12.4 Å². The second-order valence-corrected chi connectivity index (χ2v) is 8.16. The number of nitriles is 1. The number of carbonyl (C=O) groups is 1. The van der Waals surface area contributed by atoms with Crippen molar-refractivity contribution < 1.29 is 9.53 Å². The first-order chi connectivity index (χ1) is 16.5. The minimum Gasteiger partial charge on any atom is -0.488 e. The van der Waals surface area contributed by atoms with Gasteiger partial charge in [-0.15, -0.1) is 0 Å². The van der Waals surface area contributed by atoms with Crippen LogP contribution in [-0.4, -0.2) is 12.1 Å². The van der Waals surface area contributed by atoms with Crippen LogP contribution >= 0.6 is 0 Å². The van der Waals surface area contributed by atoms with Crippen LogP contribution in [0.5, 0.6) is 5.75 Å². The Morgan fingerprint density at radius 3 is 2.62 bits per heavy atom. The van der Waals surface area contributed by atoms with Crippen molar-refractivity contribution in [2.75, 3.05) is 0 Å². The third kappa shape index (κ3) is 5.31. The summed E-state index contributed by atoms with van der Waals surface area (Å²) in [5.41, 5.74) is 8.02. The molecular weight excluding hydrogens is 422 g/mol. The third-order valence-electron chi connectivity index (χ3n) is 5.68. The van der Waals surface area contributed by atoms with E-state index in [1.807, 2.05) is 80.6 Å². The summed E-state index contributed by atoms with van der Waals surface area (Å²) in [4.78, 5) is 12.5. The molecule has 4 aromatic carbocycles. The molecule has 0 heterocycles. The zero-order valence-corrected chi connectivity index (χ0v) is 19.2. The molecule has 34 heavy (non-hydrogen) atoms. The molecule has 0 spiro atoms. The molecule has 1 amide bonds. The number of hydrogen-bond acceptors (Lipinski definition) is 4. The highest BCUT2D eigenvalue weighted by molar-refractivity contribution is 6.02. The highest BCUT2D eigenvalue weighted by atomic mass is 16.5. The molecule has 0 fully saturated rings. The number of hydrogen-bond donors (Lipinski definition) is 1. The number of amides is 1. The predicted octanol–water partition coefficient (Wildman–Crippen LogP) is 5.60. The lowest BCUT2D eigenvalue weighted by molar-refractivity contribution is -0.120. The maximum absolute atomic E-state index is 12.5. The first-order valence-corrected chi connectivity index (χ1v) is 11.1. The number of aryl methyl sites for hydroxylation is 2. The molecule has 1 N–H and O–H groups in total. The van der Waals surface area contributed by atoms with Gasteiger partial charge < -0.3 is 4.74 Å². The average Bonchev–Trinajstić information content (AvgIpc) is 2.85. The van der Waals surface area contributed by atoms with E-state index in [2.05, 4.69) is 22.7 Å². The van der Waals surface area contributed by atoms with Gasteiger partial charge in [-0.1, -0.05) is 72.3 Å². The fraction of sp³-hybridized carbons (Fsp3) is 0.138. The van der Waals surface area contributed by atoms with E-state index in [1.54, 1.807) is 12.3 Å². The van der Waals surface area contributed by atoms with Gasteiger partial charge in [0, 0.05) is 11.1 Å². The number of nitrogens with one attached hydrogen (secondary N) is 1. The molecule has 0 aliphatic carbocycles.